The molecule has 0 bridgehead atoms. The van der Waals surface area contributed by atoms with Gasteiger partial charge in [-0.1, -0.05) is 47.6 Å². The molecular weight excluding hydrogens is 445 g/mol. The highest BCUT2D eigenvalue weighted by Gasteiger charge is 2.32. The number of carbonyl (C=O) groups excluding carboxylic acids is 1. The van der Waals surface area contributed by atoms with Gasteiger partial charge in [0.05, 0.1) is 28.9 Å². The van der Waals surface area contributed by atoms with Crippen LogP contribution in [0.4, 0.5) is 13.2 Å². The molecule has 1 unspecified atom stereocenters. The van der Waals surface area contributed by atoms with Crippen LogP contribution in [-0.4, -0.2) is 38.6 Å². The Morgan fingerprint density at radius 2 is 2.03 bits per heavy atom. The van der Waals surface area contributed by atoms with Crippen LogP contribution in [0.25, 0.3) is 11.3 Å². The van der Waals surface area contributed by atoms with Crippen molar-refractivity contribution in [1.29, 1.82) is 0 Å². The van der Waals surface area contributed by atoms with Crippen molar-refractivity contribution in [2.24, 2.45) is 10.2 Å². The maximum Gasteiger partial charge on any atom is 0.417 e. The standard InChI is InChI=1S/C18H12ClF3N4O3S/c19-12-5-11(18(20,21)22)8-23-15(12)10-3-1-9(2-4-10)7-24-26-17-25-16(29)13(30-17)6-14(27)28/h1-5,7-8,13H,6H2,(H,27,28)(H,25,26,29). The number of benzene rings is 1. The summed E-state index contributed by atoms with van der Waals surface area (Å²) in [5.41, 5.74) is 0.430. The Morgan fingerprint density at radius 1 is 1.33 bits per heavy atom. The van der Waals surface area contributed by atoms with E-state index in [1.165, 1.54) is 6.21 Å². The molecule has 156 valence electrons. The first kappa shape index (κ1) is 21.8. The van der Waals surface area contributed by atoms with Crippen LogP contribution in [-0.2, 0) is 15.8 Å². The molecule has 1 amide bonds. The van der Waals surface area contributed by atoms with Crippen LogP contribution in [0.5, 0.6) is 0 Å². The first-order valence-corrected chi connectivity index (χ1v) is 9.53. The van der Waals surface area contributed by atoms with Crippen molar-refractivity contribution in [3.8, 4) is 11.3 Å². The Morgan fingerprint density at radius 3 is 2.63 bits per heavy atom. The van der Waals surface area contributed by atoms with Crippen molar-refractivity contribution < 1.29 is 27.9 Å². The van der Waals surface area contributed by atoms with Gasteiger partial charge in [-0.2, -0.15) is 18.3 Å². The average Bonchev–Trinajstić information content (AvgIpc) is 3.00. The summed E-state index contributed by atoms with van der Waals surface area (Å²) in [6, 6.07) is 7.33. The Bertz CT molecular complexity index is 1040. The molecule has 0 radical (unpaired) electrons. The minimum absolute atomic E-state index is 0.123. The highest BCUT2D eigenvalue weighted by molar-refractivity contribution is 8.15. The van der Waals surface area contributed by atoms with E-state index in [1.54, 1.807) is 24.3 Å². The number of carboxylic acids is 1. The van der Waals surface area contributed by atoms with Gasteiger partial charge in [0.25, 0.3) is 0 Å². The number of nitrogens with zero attached hydrogens (tertiary/aromatic N) is 3. The van der Waals surface area contributed by atoms with Gasteiger partial charge in [0, 0.05) is 11.8 Å². The molecule has 1 aliphatic heterocycles. The monoisotopic (exact) mass is 456 g/mol. The lowest BCUT2D eigenvalue weighted by atomic mass is 10.1. The van der Waals surface area contributed by atoms with Gasteiger partial charge in [0.15, 0.2) is 5.17 Å². The number of hydrogen-bond donors (Lipinski definition) is 2. The summed E-state index contributed by atoms with van der Waals surface area (Å²) < 4.78 is 38.1. The highest BCUT2D eigenvalue weighted by Crippen LogP contribution is 2.34. The second-order valence-corrected chi connectivity index (χ2v) is 7.62. The summed E-state index contributed by atoms with van der Waals surface area (Å²) in [6.45, 7) is 0. The van der Waals surface area contributed by atoms with Crippen LogP contribution >= 0.6 is 23.4 Å². The predicted molar refractivity (Wildman–Crippen MR) is 106 cm³/mol. The third kappa shape index (κ3) is 5.36. The number of thioether (sulfide) groups is 1. The predicted octanol–water partition coefficient (Wildman–Crippen LogP) is 3.82. The van der Waals surface area contributed by atoms with Crippen LogP contribution in [0.3, 0.4) is 0 Å². The fourth-order valence-electron chi connectivity index (χ4n) is 2.43. The number of hydrogen-bond acceptors (Lipinski definition) is 6. The second-order valence-electron chi connectivity index (χ2n) is 6.02. The highest BCUT2D eigenvalue weighted by atomic mass is 35.5. The molecule has 1 saturated heterocycles. The van der Waals surface area contributed by atoms with Crippen molar-refractivity contribution in [3.05, 3.63) is 52.7 Å². The van der Waals surface area contributed by atoms with Crippen LogP contribution in [0.2, 0.25) is 5.02 Å². The van der Waals surface area contributed by atoms with Gasteiger partial charge in [-0.05, 0) is 11.6 Å². The smallest absolute Gasteiger partial charge is 0.417 e. The number of amidine groups is 1. The zero-order chi connectivity index (χ0) is 21.9. The molecule has 2 heterocycles. The van der Waals surface area contributed by atoms with E-state index in [2.05, 4.69) is 20.5 Å². The number of rotatable bonds is 5. The summed E-state index contributed by atoms with van der Waals surface area (Å²) in [5, 5.41) is 18.2. The van der Waals surface area contributed by atoms with Gasteiger partial charge in [0.2, 0.25) is 5.91 Å². The molecule has 0 aliphatic carbocycles. The molecule has 3 rings (SSSR count). The van der Waals surface area contributed by atoms with Crippen molar-refractivity contribution in [3.63, 3.8) is 0 Å². The van der Waals surface area contributed by atoms with Gasteiger partial charge < -0.3 is 10.4 Å². The zero-order valence-electron chi connectivity index (χ0n) is 14.9. The summed E-state index contributed by atoms with van der Waals surface area (Å²) in [4.78, 5) is 26.1. The Balaban J connectivity index is 1.68. The molecular formula is C18H12ClF3N4O3S. The number of carbonyl (C=O) groups is 2. The maximum atomic E-state index is 12.7. The van der Waals surface area contributed by atoms with E-state index in [1.807, 2.05) is 0 Å². The number of alkyl halides is 3. The number of nitrogens with one attached hydrogen (secondary N) is 1. The maximum absolute atomic E-state index is 12.7. The number of amides is 1. The second kappa shape index (κ2) is 8.84. The van der Waals surface area contributed by atoms with Gasteiger partial charge >= 0.3 is 12.1 Å². The lowest BCUT2D eigenvalue weighted by molar-refractivity contribution is -0.138. The zero-order valence-corrected chi connectivity index (χ0v) is 16.4. The summed E-state index contributed by atoms with van der Waals surface area (Å²) in [6.07, 6.45) is -2.73. The van der Waals surface area contributed by atoms with E-state index in [9.17, 15) is 22.8 Å². The minimum Gasteiger partial charge on any atom is -0.481 e. The van der Waals surface area contributed by atoms with Gasteiger partial charge in [-0.15, -0.1) is 5.10 Å². The molecule has 2 N–H and O–H groups in total. The van der Waals surface area contributed by atoms with Gasteiger partial charge in [0.1, 0.15) is 5.25 Å². The van der Waals surface area contributed by atoms with E-state index in [0.29, 0.717) is 11.1 Å². The summed E-state index contributed by atoms with van der Waals surface area (Å²) >= 11 is 6.92. The SMILES string of the molecule is O=C(O)CC1SC(=NN=Cc2ccc(-c3ncc(C(F)(F)F)cc3Cl)cc2)NC1=O. The van der Waals surface area contributed by atoms with Crippen molar-refractivity contribution >= 4 is 46.6 Å². The van der Waals surface area contributed by atoms with Gasteiger partial charge in [-0.3, -0.25) is 14.6 Å². The summed E-state index contributed by atoms with van der Waals surface area (Å²) in [5.74, 6) is -1.53. The lowest BCUT2D eigenvalue weighted by Crippen LogP contribution is -2.26. The van der Waals surface area contributed by atoms with Crippen molar-refractivity contribution in [1.82, 2.24) is 10.3 Å². The van der Waals surface area contributed by atoms with Crippen LogP contribution in [0.1, 0.15) is 17.5 Å². The Hall–Kier alpha value is -2.92. The average molecular weight is 457 g/mol. The number of carboxylic acid groups (broad SMARTS) is 1. The molecule has 2 aromatic rings. The molecule has 12 heteroatoms. The first-order chi connectivity index (χ1) is 14.1. The summed E-state index contributed by atoms with van der Waals surface area (Å²) in [7, 11) is 0. The molecule has 0 spiro atoms. The number of pyridine rings is 1. The van der Waals surface area contributed by atoms with Crippen molar-refractivity contribution in [2.75, 3.05) is 0 Å². The molecule has 0 saturated carbocycles. The van der Waals surface area contributed by atoms with E-state index in [-0.39, 0.29) is 22.3 Å². The van der Waals surface area contributed by atoms with Gasteiger partial charge in [-0.25, -0.2) is 0 Å². The largest absolute Gasteiger partial charge is 0.481 e. The minimum atomic E-state index is -4.53. The van der Waals surface area contributed by atoms with Crippen molar-refractivity contribution in [2.45, 2.75) is 17.8 Å². The van der Waals surface area contributed by atoms with E-state index in [4.69, 9.17) is 16.7 Å². The van der Waals surface area contributed by atoms with E-state index in [0.717, 1.165) is 24.0 Å². The van der Waals surface area contributed by atoms with E-state index >= 15 is 0 Å². The third-order valence-corrected chi connectivity index (χ3v) is 5.20. The molecule has 1 aliphatic rings. The number of aliphatic carboxylic acids is 1. The number of aromatic nitrogens is 1. The van der Waals surface area contributed by atoms with Crippen LogP contribution in [0.15, 0.2) is 46.7 Å². The Labute approximate surface area is 177 Å². The molecule has 1 aromatic heterocycles. The van der Waals surface area contributed by atoms with Crippen LogP contribution in [0, 0.1) is 0 Å². The molecule has 7 nitrogen and oxygen atoms in total. The first-order valence-electron chi connectivity index (χ1n) is 8.27. The number of halogens is 4. The quantitative estimate of drug-likeness (QED) is 0.526. The Kier molecular flexibility index (Phi) is 6.42. The normalized spacial score (nSPS) is 18.2. The molecule has 30 heavy (non-hydrogen) atoms. The third-order valence-electron chi connectivity index (χ3n) is 3.84. The molecule has 1 atom stereocenters. The molecule has 1 fully saturated rings. The van der Waals surface area contributed by atoms with Crippen LogP contribution < -0.4 is 5.32 Å². The molecule has 1 aromatic carbocycles. The lowest BCUT2D eigenvalue weighted by Gasteiger charge is -2.09. The fraction of sp³-hybridized carbons (Fsp3) is 0.167. The topological polar surface area (TPSA) is 104 Å². The van der Waals surface area contributed by atoms with E-state index < -0.39 is 28.9 Å². The fourth-order valence-corrected chi connectivity index (χ4v) is 3.62.